The number of rotatable bonds is 6. The number of carbonyl (C=O) groups excluding carboxylic acids is 2. The molecular weight excluding hydrogens is 358 g/mol. The molecule has 1 aromatic carbocycles. The number of thiophene rings is 1. The Hall–Kier alpha value is -1.98. The van der Waals surface area contributed by atoms with Crippen LogP contribution < -0.4 is 0 Å². The number of amides is 1. The summed E-state index contributed by atoms with van der Waals surface area (Å²) in [5.41, 5.74) is 3.59. The molecule has 1 fully saturated rings. The van der Waals surface area contributed by atoms with Crippen molar-refractivity contribution < 1.29 is 14.7 Å². The van der Waals surface area contributed by atoms with Gasteiger partial charge >= 0.3 is 0 Å². The molecule has 144 valence electrons. The van der Waals surface area contributed by atoms with Gasteiger partial charge in [0.1, 0.15) is 0 Å². The van der Waals surface area contributed by atoms with Crippen LogP contribution in [0.25, 0.3) is 10.4 Å². The Morgan fingerprint density at radius 3 is 2.52 bits per heavy atom. The highest BCUT2D eigenvalue weighted by Gasteiger charge is 2.38. The molecule has 27 heavy (non-hydrogen) atoms. The Labute approximate surface area is 164 Å². The number of likely N-dealkylation sites (tertiary alicyclic amines) is 1. The zero-order valence-corrected chi connectivity index (χ0v) is 17.0. The van der Waals surface area contributed by atoms with Crippen molar-refractivity contribution in [2.45, 2.75) is 52.2 Å². The van der Waals surface area contributed by atoms with Crippen LogP contribution in [0.3, 0.4) is 0 Å². The first-order chi connectivity index (χ1) is 12.9. The van der Waals surface area contributed by atoms with E-state index in [9.17, 15) is 14.7 Å². The Kier molecular flexibility index (Phi) is 6.12. The van der Waals surface area contributed by atoms with Crippen molar-refractivity contribution in [2.24, 2.45) is 5.92 Å². The van der Waals surface area contributed by atoms with Crippen LogP contribution in [0.4, 0.5) is 0 Å². The van der Waals surface area contributed by atoms with Gasteiger partial charge < -0.3 is 10.0 Å². The van der Waals surface area contributed by atoms with E-state index in [0.717, 1.165) is 5.56 Å². The van der Waals surface area contributed by atoms with E-state index >= 15 is 0 Å². The van der Waals surface area contributed by atoms with Crippen molar-refractivity contribution in [3.63, 3.8) is 0 Å². The second-order valence-corrected chi connectivity index (χ2v) is 8.56. The maximum Gasteiger partial charge on any atom is 0.225 e. The van der Waals surface area contributed by atoms with Crippen LogP contribution in [0.1, 0.15) is 37.8 Å². The molecule has 1 N–H and O–H groups in total. The van der Waals surface area contributed by atoms with Crippen LogP contribution in [-0.4, -0.2) is 40.4 Å². The van der Waals surface area contributed by atoms with Gasteiger partial charge in [-0.15, -0.1) is 11.3 Å². The van der Waals surface area contributed by atoms with Crippen molar-refractivity contribution >= 4 is 23.0 Å². The van der Waals surface area contributed by atoms with Gasteiger partial charge in [0, 0.05) is 30.2 Å². The lowest BCUT2D eigenvalue weighted by atomic mass is 9.99. The van der Waals surface area contributed by atoms with Gasteiger partial charge in [0.2, 0.25) is 5.91 Å². The number of nitrogens with zero attached hydrogens (tertiary/aromatic N) is 1. The number of carbonyl (C=O) groups is 2. The molecule has 3 rings (SSSR count). The number of β-amino-alcohol motifs (C(OH)–C–C–N with tert-alkyl or cyclic N) is 1. The summed E-state index contributed by atoms with van der Waals surface area (Å²) in [7, 11) is 0. The predicted molar refractivity (Wildman–Crippen MR) is 109 cm³/mol. The zero-order valence-electron chi connectivity index (χ0n) is 16.1. The number of hydrogen-bond acceptors (Lipinski definition) is 4. The average Bonchev–Trinajstić information content (AvgIpc) is 3.25. The third-order valence-electron chi connectivity index (χ3n) is 5.17. The summed E-state index contributed by atoms with van der Waals surface area (Å²) in [6, 6.07) is 9.99. The van der Waals surface area contributed by atoms with E-state index < -0.39 is 12.1 Å². The third-order valence-corrected chi connectivity index (χ3v) is 6.23. The number of hydrogen-bond donors (Lipinski definition) is 1. The first-order valence-corrected chi connectivity index (χ1v) is 10.4. The minimum absolute atomic E-state index is 0.0405. The van der Waals surface area contributed by atoms with Crippen LogP contribution in [0.5, 0.6) is 0 Å². The lowest BCUT2D eigenvalue weighted by Gasteiger charge is -2.25. The predicted octanol–water partition coefficient (Wildman–Crippen LogP) is 3.84. The largest absolute Gasteiger partial charge is 0.391 e. The first kappa shape index (κ1) is 19.8. The molecule has 2 atom stereocenters. The van der Waals surface area contributed by atoms with Crippen molar-refractivity contribution in [3.8, 4) is 10.4 Å². The zero-order chi connectivity index (χ0) is 19.6. The normalized spacial score (nSPS) is 19.7. The SMILES string of the molecule is Cc1ccsc1-c1ccc(CCC(=O)[C@@H]2C[C@@H](O)CN2C(=O)C(C)C)cc1. The highest BCUT2D eigenvalue weighted by Crippen LogP contribution is 2.29. The standard InChI is InChI=1S/C22H27NO3S/c1-14(2)22(26)23-13-18(24)12-19(23)20(25)9-6-16-4-7-17(8-5-16)21-15(3)10-11-27-21/h4-5,7-8,10-11,14,18-19,24H,6,9,12-13H2,1-3H3/t18-,19+/m1/s1. The van der Waals surface area contributed by atoms with Gasteiger partial charge in [-0.1, -0.05) is 38.1 Å². The van der Waals surface area contributed by atoms with E-state index in [1.807, 2.05) is 13.8 Å². The van der Waals surface area contributed by atoms with E-state index in [1.165, 1.54) is 16.0 Å². The summed E-state index contributed by atoms with van der Waals surface area (Å²) in [5.74, 6) is -0.182. The lowest BCUT2D eigenvalue weighted by Crippen LogP contribution is -2.42. The van der Waals surface area contributed by atoms with Crippen molar-refractivity contribution in [1.29, 1.82) is 0 Å². The number of aliphatic hydroxyl groups excluding tert-OH is 1. The summed E-state index contributed by atoms with van der Waals surface area (Å²) >= 11 is 1.73. The van der Waals surface area contributed by atoms with E-state index in [-0.39, 0.29) is 24.2 Å². The number of benzene rings is 1. The van der Waals surface area contributed by atoms with Crippen LogP contribution in [0.2, 0.25) is 0 Å². The van der Waals surface area contributed by atoms with Gasteiger partial charge in [0.15, 0.2) is 5.78 Å². The van der Waals surface area contributed by atoms with Gasteiger partial charge in [0.25, 0.3) is 0 Å². The molecule has 2 heterocycles. The van der Waals surface area contributed by atoms with E-state index in [4.69, 9.17) is 0 Å². The number of aryl methyl sites for hydroxylation is 2. The fourth-order valence-electron chi connectivity index (χ4n) is 3.62. The molecular formula is C22H27NO3S. The molecule has 0 aliphatic carbocycles. The molecule has 1 aliphatic heterocycles. The molecule has 0 radical (unpaired) electrons. The number of ketones is 1. The molecule has 0 spiro atoms. The van der Waals surface area contributed by atoms with Gasteiger partial charge in [-0.05, 0) is 41.5 Å². The highest BCUT2D eigenvalue weighted by molar-refractivity contribution is 7.13. The quantitative estimate of drug-likeness (QED) is 0.822. The van der Waals surface area contributed by atoms with Crippen LogP contribution in [0.15, 0.2) is 35.7 Å². The molecule has 0 bridgehead atoms. The Bertz CT molecular complexity index is 809. The van der Waals surface area contributed by atoms with E-state index in [2.05, 4.69) is 42.6 Å². The Balaban J connectivity index is 1.61. The van der Waals surface area contributed by atoms with Crippen molar-refractivity contribution in [2.75, 3.05) is 6.54 Å². The van der Waals surface area contributed by atoms with E-state index in [0.29, 0.717) is 19.3 Å². The molecule has 0 saturated carbocycles. The first-order valence-electron chi connectivity index (χ1n) is 9.51. The molecule has 2 aromatic rings. The minimum atomic E-state index is -0.602. The fourth-order valence-corrected chi connectivity index (χ4v) is 4.55. The maximum atomic E-state index is 12.7. The monoisotopic (exact) mass is 385 g/mol. The average molecular weight is 386 g/mol. The van der Waals surface area contributed by atoms with Gasteiger partial charge in [-0.3, -0.25) is 9.59 Å². The molecule has 4 nitrogen and oxygen atoms in total. The molecule has 1 saturated heterocycles. The summed E-state index contributed by atoms with van der Waals surface area (Å²) in [5, 5.41) is 12.0. The van der Waals surface area contributed by atoms with Crippen molar-refractivity contribution in [1.82, 2.24) is 4.90 Å². The van der Waals surface area contributed by atoms with E-state index in [1.54, 1.807) is 16.2 Å². The summed E-state index contributed by atoms with van der Waals surface area (Å²) in [4.78, 5) is 27.9. The highest BCUT2D eigenvalue weighted by atomic mass is 32.1. The molecule has 0 unspecified atom stereocenters. The molecule has 1 aliphatic rings. The molecule has 1 aromatic heterocycles. The lowest BCUT2D eigenvalue weighted by molar-refractivity contribution is -0.140. The number of aliphatic hydroxyl groups is 1. The topological polar surface area (TPSA) is 57.6 Å². The van der Waals surface area contributed by atoms with Crippen LogP contribution in [-0.2, 0) is 16.0 Å². The van der Waals surface area contributed by atoms with Crippen molar-refractivity contribution in [3.05, 3.63) is 46.8 Å². The Morgan fingerprint density at radius 1 is 1.22 bits per heavy atom. The van der Waals surface area contributed by atoms with Crippen LogP contribution >= 0.6 is 11.3 Å². The summed E-state index contributed by atoms with van der Waals surface area (Å²) in [6.45, 7) is 6.03. The Morgan fingerprint density at radius 2 is 1.93 bits per heavy atom. The second kappa shape index (κ2) is 8.36. The minimum Gasteiger partial charge on any atom is -0.391 e. The van der Waals surface area contributed by atoms with Gasteiger partial charge in [0.05, 0.1) is 12.1 Å². The fraction of sp³-hybridized carbons (Fsp3) is 0.455. The maximum absolute atomic E-state index is 12.7. The smallest absolute Gasteiger partial charge is 0.225 e. The third kappa shape index (κ3) is 4.47. The molecule has 1 amide bonds. The summed E-state index contributed by atoms with van der Waals surface area (Å²) in [6.07, 6.45) is 0.790. The molecule has 5 heteroatoms. The number of Topliss-reactive ketones (excluding diaryl/α,β-unsaturated/α-hetero) is 1. The second-order valence-electron chi connectivity index (χ2n) is 7.65. The summed E-state index contributed by atoms with van der Waals surface area (Å²) < 4.78 is 0. The van der Waals surface area contributed by atoms with Crippen LogP contribution in [0, 0.1) is 12.8 Å². The van der Waals surface area contributed by atoms with Gasteiger partial charge in [-0.2, -0.15) is 0 Å². The van der Waals surface area contributed by atoms with Gasteiger partial charge in [-0.25, -0.2) is 0 Å².